The van der Waals surface area contributed by atoms with Gasteiger partial charge in [-0.05, 0) is 42.5 Å². The lowest BCUT2D eigenvalue weighted by atomic mass is 10.00. The monoisotopic (exact) mass is 371 g/mol. The lowest BCUT2D eigenvalue weighted by Gasteiger charge is -2.19. The van der Waals surface area contributed by atoms with Gasteiger partial charge in [-0.3, -0.25) is 14.5 Å². The molecule has 0 saturated carbocycles. The van der Waals surface area contributed by atoms with Crippen LogP contribution >= 0.6 is 0 Å². The van der Waals surface area contributed by atoms with E-state index < -0.39 is 0 Å². The Hall–Kier alpha value is -3.20. The summed E-state index contributed by atoms with van der Waals surface area (Å²) in [7, 11) is 0. The first-order valence-corrected chi connectivity index (χ1v) is 9.51. The minimum Gasteiger partial charge on any atom is -0.274 e. The third-order valence-corrected chi connectivity index (χ3v) is 4.92. The summed E-state index contributed by atoms with van der Waals surface area (Å²) in [6, 6.07) is 17.1. The van der Waals surface area contributed by atoms with Crippen LogP contribution in [0.4, 0.5) is 0 Å². The van der Waals surface area contributed by atoms with E-state index in [2.05, 4.69) is 44.7 Å². The van der Waals surface area contributed by atoms with Crippen molar-refractivity contribution in [3.8, 4) is 0 Å². The largest absolute Gasteiger partial charge is 0.274 e. The van der Waals surface area contributed by atoms with Gasteiger partial charge in [0, 0.05) is 6.54 Å². The third kappa shape index (κ3) is 4.20. The van der Waals surface area contributed by atoms with E-state index in [1.807, 2.05) is 24.3 Å². The van der Waals surface area contributed by atoms with Crippen molar-refractivity contribution in [3.63, 3.8) is 0 Å². The van der Waals surface area contributed by atoms with Gasteiger partial charge in [0.2, 0.25) is 0 Å². The van der Waals surface area contributed by atoms with Gasteiger partial charge in [-0.2, -0.15) is 0 Å². The van der Waals surface area contributed by atoms with Crippen LogP contribution in [0, 0.1) is 5.92 Å². The number of allylic oxidation sites excluding steroid dienone is 5. The maximum atomic E-state index is 12.5. The van der Waals surface area contributed by atoms with E-state index in [-0.39, 0.29) is 17.7 Å². The molecule has 0 bridgehead atoms. The minimum absolute atomic E-state index is 0.177. The maximum Gasteiger partial charge on any atom is 0.261 e. The molecule has 2 amide bonds. The highest BCUT2D eigenvalue weighted by molar-refractivity contribution is 6.21. The summed E-state index contributed by atoms with van der Waals surface area (Å²) >= 11 is 0. The number of rotatable bonds is 7. The Bertz CT molecular complexity index is 919. The van der Waals surface area contributed by atoms with E-state index in [0.29, 0.717) is 17.7 Å². The summed E-state index contributed by atoms with van der Waals surface area (Å²) < 4.78 is 0. The fourth-order valence-corrected chi connectivity index (χ4v) is 3.54. The Labute approximate surface area is 166 Å². The molecule has 3 rings (SSSR count). The first kappa shape index (κ1) is 19.6. The van der Waals surface area contributed by atoms with Gasteiger partial charge < -0.3 is 0 Å². The molecule has 0 radical (unpaired) electrons. The predicted molar refractivity (Wildman–Crippen MR) is 114 cm³/mol. The molecule has 0 saturated heterocycles. The van der Waals surface area contributed by atoms with Gasteiger partial charge in [-0.1, -0.05) is 79.8 Å². The number of hydrogen-bond acceptors (Lipinski definition) is 2. The summed E-state index contributed by atoms with van der Waals surface area (Å²) in [6.07, 6.45) is 6.81. The van der Waals surface area contributed by atoms with E-state index in [9.17, 15) is 9.59 Å². The number of carbonyl (C=O) groups is 2. The second-order valence-corrected chi connectivity index (χ2v) is 7.28. The number of amides is 2. The van der Waals surface area contributed by atoms with Crippen LogP contribution in [0.3, 0.4) is 0 Å². The van der Waals surface area contributed by atoms with Crippen molar-refractivity contribution in [2.45, 2.75) is 20.3 Å². The number of imide groups is 1. The Morgan fingerprint density at radius 3 is 2.11 bits per heavy atom. The van der Waals surface area contributed by atoms with Crippen LogP contribution in [0.25, 0.3) is 5.57 Å². The lowest BCUT2D eigenvalue weighted by molar-refractivity contribution is 0.0632. The highest BCUT2D eigenvalue weighted by Crippen LogP contribution is 2.25. The molecule has 28 heavy (non-hydrogen) atoms. The van der Waals surface area contributed by atoms with Crippen LogP contribution in [0.15, 0.2) is 85.0 Å². The zero-order valence-corrected chi connectivity index (χ0v) is 16.4. The molecule has 0 fully saturated rings. The Kier molecular flexibility index (Phi) is 6.05. The molecule has 0 aliphatic carbocycles. The molecule has 0 unspecified atom stereocenters. The number of benzene rings is 2. The van der Waals surface area contributed by atoms with Crippen molar-refractivity contribution >= 4 is 17.4 Å². The SMILES string of the molecule is C=C/C(=C\C=C(/C)C[C@H](C)CN1C(=O)c2ccccc2C1=O)c1ccccc1. The van der Waals surface area contributed by atoms with Crippen LogP contribution in [0.1, 0.15) is 46.5 Å². The lowest BCUT2D eigenvalue weighted by Crippen LogP contribution is -2.33. The van der Waals surface area contributed by atoms with Crippen LogP contribution in [0.2, 0.25) is 0 Å². The van der Waals surface area contributed by atoms with Gasteiger partial charge in [0.15, 0.2) is 0 Å². The first-order chi connectivity index (χ1) is 13.5. The van der Waals surface area contributed by atoms with Gasteiger partial charge in [-0.25, -0.2) is 0 Å². The normalized spacial score (nSPS) is 15.6. The van der Waals surface area contributed by atoms with Gasteiger partial charge in [-0.15, -0.1) is 0 Å². The zero-order chi connectivity index (χ0) is 20.1. The quantitative estimate of drug-likeness (QED) is 0.474. The number of hydrogen-bond donors (Lipinski definition) is 0. The molecule has 1 aliphatic rings. The van der Waals surface area contributed by atoms with Gasteiger partial charge >= 0.3 is 0 Å². The molecule has 0 aromatic heterocycles. The van der Waals surface area contributed by atoms with E-state index in [0.717, 1.165) is 17.6 Å². The fraction of sp³-hybridized carbons (Fsp3) is 0.200. The Morgan fingerprint density at radius 2 is 1.54 bits per heavy atom. The minimum atomic E-state index is -0.188. The molecule has 3 heteroatoms. The highest BCUT2D eigenvalue weighted by atomic mass is 16.2. The predicted octanol–water partition coefficient (Wildman–Crippen LogP) is 5.52. The van der Waals surface area contributed by atoms with Crippen LogP contribution < -0.4 is 0 Å². The second-order valence-electron chi connectivity index (χ2n) is 7.28. The maximum absolute atomic E-state index is 12.5. The average Bonchev–Trinajstić information content (AvgIpc) is 2.94. The van der Waals surface area contributed by atoms with Gasteiger partial charge in [0.1, 0.15) is 0 Å². The second kappa shape index (κ2) is 8.66. The number of fused-ring (bicyclic) bond motifs is 1. The van der Waals surface area contributed by atoms with Crippen molar-refractivity contribution in [3.05, 3.63) is 102 Å². The molecule has 1 aliphatic heterocycles. The molecule has 0 N–H and O–H groups in total. The third-order valence-electron chi connectivity index (χ3n) is 4.92. The smallest absolute Gasteiger partial charge is 0.261 e. The molecule has 1 heterocycles. The highest BCUT2D eigenvalue weighted by Gasteiger charge is 2.35. The number of nitrogens with zero attached hydrogens (tertiary/aromatic N) is 1. The van der Waals surface area contributed by atoms with Gasteiger partial charge in [0.25, 0.3) is 11.8 Å². The van der Waals surface area contributed by atoms with E-state index >= 15 is 0 Å². The standard InChI is InChI=1S/C25H25NO2/c1-4-20(21-10-6-5-7-11-21)15-14-18(2)16-19(3)17-26-24(27)22-12-8-9-13-23(22)25(26)28/h4-15,19H,1,16-17H2,2-3H3/b18-14+,20-15+/t19-/m0/s1. The Morgan fingerprint density at radius 1 is 0.964 bits per heavy atom. The summed E-state index contributed by atoms with van der Waals surface area (Å²) in [5.41, 5.74) is 4.40. The summed E-state index contributed by atoms with van der Waals surface area (Å²) in [4.78, 5) is 26.4. The van der Waals surface area contributed by atoms with Crippen molar-refractivity contribution in [2.24, 2.45) is 5.92 Å². The summed E-state index contributed by atoms with van der Waals surface area (Å²) in [5.74, 6) is -0.199. The molecule has 2 aromatic rings. The summed E-state index contributed by atoms with van der Waals surface area (Å²) in [5, 5.41) is 0. The zero-order valence-electron chi connectivity index (χ0n) is 16.4. The molecule has 1 atom stereocenters. The van der Waals surface area contributed by atoms with Crippen molar-refractivity contribution in [2.75, 3.05) is 6.54 Å². The summed E-state index contributed by atoms with van der Waals surface area (Å²) in [6.45, 7) is 8.46. The fourth-order valence-electron chi connectivity index (χ4n) is 3.54. The average molecular weight is 371 g/mol. The Balaban J connectivity index is 1.65. The van der Waals surface area contributed by atoms with E-state index in [4.69, 9.17) is 0 Å². The van der Waals surface area contributed by atoms with Gasteiger partial charge in [0.05, 0.1) is 11.1 Å². The molecule has 142 valence electrons. The first-order valence-electron chi connectivity index (χ1n) is 9.51. The van der Waals surface area contributed by atoms with E-state index in [1.165, 1.54) is 10.5 Å². The van der Waals surface area contributed by atoms with Crippen molar-refractivity contribution in [1.29, 1.82) is 0 Å². The van der Waals surface area contributed by atoms with Crippen molar-refractivity contribution in [1.82, 2.24) is 4.90 Å². The molecular formula is C25H25NO2. The van der Waals surface area contributed by atoms with Crippen LogP contribution in [0.5, 0.6) is 0 Å². The number of carbonyl (C=O) groups excluding carboxylic acids is 2. The van der Waals surface area contributed by atoms with E-state index in [1.54, 1.807) is 24.3 Å². The molecule has 2 aromatic carbocycles. The van der Waals surface area contributed by atoms with Crippen LogP contribution in [-0.2, 0) is 0 Å². The molecule has 0 spiro atoms. The molecule has 3 nitrogen and oxygen atoms in total. The topological polar surface area (TPSA) is 37.4 Å². The molecular weight excluding hydrogens is 346 g/mol. The van der Waals surface area contributed by atoms with Crippen molar-refractivity contribution < 1.29 is 9.59 Å². The van der Waals surface area contributed by atoms with Crippen LogP contribution in [-0.4, -0.2) is 23.3 Å².